The number of amides is 1. The molecule has 31 heavy (non-hydrogen) atoms. The molecule has 0 bridgehead atoms. The minimum atomic E-state index is -0.340. The van der Waals surface area contributed by atoms with E-state index in [2.05, 4.69) is 9.88 Å². The van der Waals surface area contributed by atoms with Gasteiger partial charge in [-0.3, -0.25) is 14.6 Å². The molecule has 1 saturated heterocycles. The molecule has 0 spiro atoms. The number of anilines is 1. The fourth-order valence-corrected chi connectivity index (χ4v) is 4.34. The number of benzene rings is 2. The second-order valence-electron chi connectivity index (χ2n) is 7.06. The van der Waals surface area contributed by atoms with Crippen molar-refractivity contribution in [2.45, 2.75) is 6.42 Å². The van der Waals surface area contributed by atoms with Crippen LogP contribution in [0.1, 0.15) is 6.42 Å². The van der Waals surface area contributed by atoms with Crippen LogP contribution in [0.3, 0.4) is 0 Å². The molecule has 1 fully saturated rings. The van der Waals surface area contributed by atoms with Crippen LogP contribution in [0.4, 0.5) is 9.52 Å². The first-order chi connectivity index (χ1) is 14.7. The van der Waals surface area contributed by atoms with Crippen molar-refractivity contribution in [1.82, 2.24) is 9.88 Å². The number of morpholine rings is 1. The number of para-hydroxylation sites is 1. The molecule has 2 aromatic carbocycles. The summed E-state index contributed by atoms with van der Waals surface area (Å²) >= 11 is 1.50. The Kier molecular flexibility index (Phi) is 8.60. The molecule has 0 unspecified atom stereocenters. The number of thiazole rings is 1. The van der Waals surface area contributed by atoms with E-state index in [1.165, 1.54) is 35.6 Å². The summed E-state index contributed by atoms with van der Waals surface area (Å²) in [6.07, 6.45) is 0.832. The van der Waals surface area contributed by atoms with Gasteiger partial charge in [0, 0.05) is 26.2 Å². The highest BCUT2D eigenvalue weighted by Gasteiger charge is 2.21. The number of aromatic nitrogens is 1. The third-order valence-electron chi connectivity index (χ3n) is 4.95. The molecule has 0 radical (unpaired) electrons. The molecule has 9 heteroatoms. The standard InChI is InChI=1S/C22H24FN3O3S.ClH/c23-17-6-8-18(9-7-17)29-16-21(27)26(11-3-10-25-12-14-28-15-13-25)22-24-19-4-1-2-5-20(19)30-22;/h1-2,4-9H,3,10-16H2;1H. The molecule has 6 nitrogen and oxygen atoms in total. The highest BCUT2D eigenvalue weighted by atomic mass is 35.5. The maximum atomic E-state index is 13.1. The number of rotatable bonds is 8. The van der Waals surface area contributed by atoms with Crippen LogP contribution in [0.2, 0.25) is 0 Å². The Labute approximate surface area is 191 Å². The summed E-state index contributed by atoms with van der Waals surface area (Å²) in [4.78, 5) is 21.7. The highest BCUT2D eigenvalue weighted by Crippen LogP contribution is 2.29. The van der Waals surface area contributed by atoms with Crippen LogP contribution < -0.4 is 9.64 Å². The van der Waals surface area contributed by atoms with Gasteiger partial charge in [-0.2, -0.15) is 0 Å². The van der Waals surface area contributed by atoms with E-state index in [1.807, 2.05) is 24.3 Å². The Hall–Kier alpha value is -2.26. The van der Waals surface area contributed by atoms with Gasteiger partial charge in [0.25, 0.3) is 5.91 Å². The van der Waals surface area contributed by atoms with Gasteiger partial charge in [0.1, 0.15) is 11.6 Å². The van der Waals surface area contributed by atoms with E-state index in [0.29, 0.717) is 17.4 Å². The first-order valence-electron chi connectivity index (χ1n) is 10.0. The van der Waals surface area contributed by atoms with Gasteiger partial charge in [0.15, 0.2) is 11.7 Å². The van der Waals surface area contributed by atoms with E-state index in [4.69, 9.17) is 9.47 Å². The monoisotopic (exact) mass is 465 g/mol. The van der Waals surface area contributed by atoms with Crippen LogP contribution in [0, 0.1) is 5.82 Å². The van der Waals surface area contributed by atoms with Gasteiger partial charge in [-0.1, -0.05) is 23.5 Å². The molecule has 1 amide bonds. The van der Waals surface area contributed by atoms with Gasteiger partial charge in [0.2, 0.25) is 0 Å². The number of hydrogen-bond donors (Lipinski definition) is 0. The normalized spacial score (nSPS) is 14.2. The van der Waals surface area contributed by atoms with Crippen LogP contribution >= 0.6 is 23.7 Å². The summed E-state index contributed by atoms with van der Waals surface area (Å²) in [6, 6.07) is 13.5. The van der Waals surface area contributed by atoms with Crippen molar-refractivity contribution in [3.8, 4) is 5.75 Å². The van der Waals surface area contributed by atoms with Crippen molar-refractivity contribution in [3.05, 3.63) is 54.3 Å². The molecular formula is C22H25ClFN3O3S. The number of carbonyl (C=O) groups excluding carboxylic acids is 1. The summed E-state index contributed by atoms with van der Waals surface area (Å²) in [5.74, 6) is -0.0458. The van der Waals surface area contributed by atoms with Crippen molar-refractivity contribution in [1.29, 1.82) is 0 Å². The highest BCUT2D eigenvalue weighted by molar-refractivity contribution is 7.22. The molecule has 1 aliphatic heterocycles. The Balaban J connectivity index is 0.00000272. The summed E-state index contributed by atoms with van der Waals surface area (Å²) in [5.41, 5.74) is 0.878. The average molecular weight is 466 g/mol. The van der Waals surface area contributed by atoms with Crippen LogP contribution in [0.25, 0.3) is 10.2 Å². The van der Waals surface area contributed by atoms with Gasteiger partial charge in [-0.15, -0.1) is 12.4 Å². The molecule has 1 aliphatic rings. The maximum Gasteiger partial charge on any atom is 0.266 e. The molecule has 0 aliphatic carbocycles. The Morgan fingerprint density at radius 3 is 2.65 bits per heavy atom. The maximum absolute atomic E-state index is 13.1. The first-order valence-corrected chi connectivity index (χ1v) is 10.8. The third-order valence-corrected chi connectivity index (χ3v) is 6.01. The molecule has 0 atom stereocenters. The van der Waals surface area contributed by atoms with Gasteiger partial charge < -0.3 is 9.47 Å². The molecule has 3 aromatic rings. The lowest BCUT2D eigenvalue weighted by molar-refractivity contribution is -0.120. The van der Waals surface area contributed by atoms with Crippen LogP contribution in [0.15, 0.2) is 48.5 Å². The number of nitrogens with zero attached hydrogens (tertiary/aromatic N) is 3. The minimum absolute atomic E-state index is 0. The minimum Gasteiger partial charge on any atom is -0.484 e. The molecular weight excluding hydrogens is 441 g/mol. The largest absolute Gasteiger partial charge is 0.484 e. The van der Waals surface area contributed by atoms with Gasteiger partial charge in [0.05, 0.1) is 23.4 Å². The van der Waals surface area contributed by atoms with E-state index >= 15 is 0 Å². The number of carbonyl (C=O) groups is 1. The first kappa shape index (κ1) is 23.4. The van der Waals surface area contributed by atoms with Crippen LogP contribution in [0.5, 0.6) is 5.75 Å². The fourth-order valence-electron chi connectivity index (χ4n) is 3.33. The van der Waals surface area contributed by atoms with Gasteiger partial charge in [-0.25, -0.2) is 9.37 Å². The third kappa shape index (κ3) is 6.36. The van der Waals surface area contributed by atoms with E-state index in [-0.39, 0.29) is 30.7 Å². The van der Waals surface area contributed by atoms with Crippen molar-refractivity contribution >= 4 is 45.0 Å². The summed E-state index contributed by atoms with van der Waals surface area (Å²) < 4.78 is 25.1. The number of halogens is 2. The van der Waals surface area contributed by atoms with Gasteiger partial charge in [-0.05, 0) is 42.8 Å². The Morgan fingerprint density at radius 2 is 1.90 bits per heavy atom. The van der Waals surface area contributed by atoms with E-state index in [1.54, 1.807) is 4.90 Å². The fraction of sp³-hybridized carbons (Fsp3) is 0.364. The second-order valence-corrected chi connectivity index (χ2v) is 8.07. The zero-order valence-electron chi connectivity index (χ0n) is 17.0. The van der Waals surface area contributed by atoms with E-state index < -0.39 is 0 Å². The molecule has 4 rings (SSSR count). The molecule has 0 N–H and O–H groups in total. The van der Waals surface area contributed by atoms with E-state index in [9.17, 15) is 9.18 Å². The van der Waals surface area contributed by atoms with Crippen molar-refractivity contribution in [2.24, 2.45) is 0 Å². The number of ether oxygens (including phenoxy) is 2. The summed E-state index contributed by atoms with van der Waals surface area (Å²) in [7, 11) is 0. The number of fused-ring (bicyclic) bond motifs is 1. The summed E-state index contributed by atoms with van der Waals surface area (Å²) in [5, 5.41) is 0.672. The molecule has 2 heterocycles. The Morgan fingerprint density at radius 1 is 1.16 bits per heavy atom. The summed E-state index contributed by atoms with van der Waals surface area (Å²) in [6.45, 7) is 4.68. The van der Waals surface area contributed by atoms with Gasteiger partial charge >= 0.3 is 0 Å². The van der Waals surface area contributed by atoms with E-state index in [0.717, 1.165) is 49.5 Å². The molecule has 0 saturated carbocycles. The predicted octanol–water partition coefficient (Wildman–Crippen LogP) is 3.99. The van der Waals surface area contributed by atoms with Crippen LogP contribution in [-0.2, 0) is 9.53 Å². The SMILES string of the molecule is Cl.O=C(COc1ccc(F)cc1)N(CCCN1CCOCC1)c1nc2ccccc2s1. The Bertz CT molecular complexity index is 947. The van der Waals surface area contributed by atoms with Crippen molar-refractivity contribution in [3.63, 3.8) is 0 Å². The molecule has 1 aromatic heterocycles. The smallest absolute Gasteiger partial charge is 0.266 e. The zero-order valence-corrected chi connectivity index (χ0v) is 18.7. The topological polar surface area (TPSA) is 54.9 Å². The lowest BCUT2D eigenvalue weighted by atomic mass is 10.3. The second kappa shape index (κ2) is 11.4. The van der Waals surface area contributed by atoms with Crippen molar-refractivity contribution < 1.29 is 18.7 Å². The van der Waals surface area contributed by atoms with Crippen LogP contribution in [-0.4, -0.2) is 61.8 Å². The predicted molar refractivity (Wildman–Crippen MR) is 123 cm³/mol. The lowest BCUT2D eigenvalue weighted by Crippen LogP contribution is -2.40. The number of hydrogen-bond acceptors (Lipinski definition) is 6. The molecule has 166 valence electrons. The quantitative estimate of drug-likeness (QED) is 0.503. The average Bonchev–Trinajstić information content (AvgIpc) is 3.20. The zero-order chi connectivity index (χ0) is 20.8. The van der Waals surface area contributed by atoms with Crippen molar-refractivity contribution in [2.75, 3.05) is 50.9 Å². The lowest BCUT2D eigenvalue weighted by Gasteiger charge is -2.27.